The summed E-state index contributed by atoms with van der Waals surface area (Å²) in [5.74, 6) is 0. The highest BCUT2D eigenvalue weighted by Crippen LogP contribution is 2.37. The number of rotatable bonds is 4. The molecule has 3 rings (SSSR count). The third-order valence-corrected chi connectivity index (χ3v) is 5.48. The Morgan fingerprint density at radius 3 is 3.28 bits per heavy atom. The van der Waals surface area contributed by atoms with Crippen molar-refractivity contribution in [2.45, 2.75) is 31.7 Å². The second kappa shape index (κ2) is 5.70. The number of hydrogen-bond donors (Lipinski definition) is 1. The number of halogens is 1. The van der Waals surface area contributed by atoms with Gasteiger partial charge in [0.2, 0.25) is 0 Å². The molecule has 2 aromatic heterocycles. The average molecular weight is 299 g/mol. The molecular formula is C13H15ClN2S2. The zero-order valence-electron chi connectivity index (χ0n) is 9.99. The van der Waals surface area contributed by atoms with E-state index in [0.29, 0.717) is 6.04 Å². The average Bonchev–Trinajstić information content (AvgIpc) is 2.97. The van der Waals surface area contributed by atoms with E-state index in [0.717, 1.165) is 17.3 Å². The fourth-order valence-electron chi connectivity index (χ4n) is 2.46. The van der Waals surface area contributed by atoms with Gasteiger partial charge in [-0.15, -0.1) is 22.7 Å². The smallest absolute Gasteiger partial charge is 0.0937 e. The molecule has 0 fully saturated rings. The van der Waals surface area contributed by atoms with Crippen molar-refractivity contribution >= 4 is 34.3 Å². The van der Waals surface area contributed by atoms with Gasteiger partial charge in [0.25, 0.3) is 0 Å². The molecule has 0 aromatic carbocycles. The third kappa shape index (κ3) is 2.77. The lowest BCUT2D eigenvalue weighted by molar-refractivity contribution is 0.467. The molecule has 0 amide bonds. The van der Waals surface area contributed by atoms with E-state index in [-0.39, 0.29) is 0 Å². The van der Waals surface area contributed by atoms with Crippen LogP contribution in [0.15, 0.2) is 17.6 Å². The van der Waals surface area contributed by atoms with Crippen LogP contribution in [0, 0.1) is 0 Å². The highest BCUT2D eigenvalue weighted by molar-refractivity contribution is 7.16. The Hall–Kier alpha value is -0.420. The number of nitrogens with one attached hydrogen (secondary N) is 1. The maximum atomic E-state index is 6.11. The molecule has 96 valence electrons. The quantitative estimate of drug-likeness (QED) is 0.920. The van der Waals surface area contributed by atoms with E-state index in [1.165, 1.54) is 34.7 Å². The molecule has 2 heterocycles. The Bertz CT molecular complexity index is 507. The topological polar surface area (TPSA) is 24.9 Å². The van der Waals surface area contributed by atoms with Gasteiger partial charge in [0, 0.05) is 35.5 Å². The Morgan fingerprint density at radius 2 is 2.44 bits per heavy atom. The summed E-state index contributed by atoms with van der Waals surface area (Å²) in [5.41, 5.74) is 1.43. The van der Waals surface area contributed by atoms with Gasteiger partial charge in [-0.1, -0.05) is 11.6 Å². The molecule has 1 unspecified atom stereocenters. The monoisotopic (exact) mass is 298 g/mol. The van der Waals surface area contributed by atoms with Crippen LogP contribution in [-0.2, 0) is 12.8 Å². The first-order valence-electron chi connectivity index (χ1n) is 6.23. The fourth-order valence-corrected chi connectivity index (χ4v) is 4.47. The van der Waals surface area contributed by atoms with Crippen LogP contribution >= 0.6 is 34.3 Å². The van der Waals surface area contributed by atoms with E-state index in [9.17, 15) is 0 Å². The van der Waals surface area contributed by atoms with Crippen molar-refractivity contribution < 1.29 is 0 Å². The van der Waals surface area contributed by atoms with Crippen molar-refractivity contribution in [3.63, 3.8) is 0 Å². The van der Waals surface area contributed by atoms with Crippen LogP contribution in [-0.4, -0.2) is 11.5 Å². The Labute approximate surface area is 120 Å². The second-order valence-corrected chi connectivity index (χ2v) is 7.25. The van der Waals surface area contributed by atoms with Crippen LogP contribution in [0.1, 0.15) is 34.3 Å². The largest absolute Gasteiger partial charge is 0.309 e. The molecule has 1 aliphatic rings. The number of thiazole rings is 1. The molecule has 2 nitrogen and oxygen atoms in total. The first-order chi connectivity index (χ1) is 8.83. The minimum atomic E-state index is 0.484. The van der Waals surface area contributed by atoms with Crippen molar-refractivity contribution in [3.05, 3.63) is 37.4 Å². The molecule has 0 saturated carbocycles. The molecule has 0 radical (unpaired) electrons. The highest BCUT2D eigenvalue weighted by Gasteiger charge is 2.22. The number of thiophene rings is 1. The van der Waals surface area contributed by atoms with Crippen LogP contribution < -0.4 is 5.32 Å². The fraction of sp³-hybridized carbons (Fsp3) is 0.462. The first kappa shape index (κ1) is 12.6. The summed E-state index contributed by atoms with van der Waals surface area (Å²) >= 11 is 9.58. The lowest BCUT2D eigenvalue weighted by Gasteiger charge is -2.23. The maximum absolute atomic E-state index is 6.11. The molecule has 0 saturated heterocycles. The molecule has 0 spiro atoms. The summed E-state index contributed by atoms with van der Waals surface area (Å²) in [6.45, 7) is 0.991. The van der Waals surface area contributed by atoms with Gasteiger partial charge in [-0.25, -0.2) is 4.98 Å². The predicted octanol–water partition coefficient (Wildman–Crippen LogP) is 4.07. The minimum Gasteiger partial charge on any atom is -0.309 e. The molecule has 0 bridgehead atoms. The molecule has 0 aliphatic heterocycles. The van der Waals surface area contributed by atoms with Gasteiger partial charge in [-0.2, -0.15) is 0 Å². The zero-order valence-corrected chi connectivity index (χ0v) is 12.4. The van der Waals surface area contributed by atoms with E-state index >= 15 is 0 Å². The SMILES string of the molecule is Clc1cc2c(s1)CCCC2NCCc1nccs1. The molecule has 1 aliphatic carbocycles. The standard InChI is InChI=1S/C13H15ClN2S2/c14-12-8-9-10(2-1-3-11(9)18-12)15-5-4-13-16-6-7-17-13/h6-8,10,15H,1-5H2. The van der Waals surface area contributed by atoms with Crippen molar-refractivity contribution in [1.82, 2.24) is 10.3 Å². The second-order valence-electron chi connectivity index (χ2n) is 4.50. The number of nitrogens with zero attached hydrogens (tertiary/aromatic N) is 1. The maximum Gasteiger partial charge on any atom is 0.0937 e. The predicted molar refractivity (Wildman–Crippen MR) is 78.8 cm³/mol. The van der Waals surface area contributed by atoms with Gasteiger partial charge in [-0.3, -0.25) is 0 Å². The van der Waals surface area contributed by atoms with Gasteiger partial charge >= 0.3 is 0 Å². The van der Waals surface area contributed by atoms with E-state index in [1.54, 1.807) is 22.7 Å². The summed E-state index contributed by atoms with van der Waals surface area (Å²) in [5, 5.41) is 6.89. The number of fused-ring (bicyclic) bond motifs is 1. The van der Waals surface area contributed by atoms with Gasteiger partial charge in [0.1, 0.15) is 0 Å². The van der Waals surface area contributed by atoms with E-state index in [2.05, 4.69) is 16.4 Å². The van der Waals surface area contributed by atoms with E-state index in [1.807, 2.05) is 11.6 Å². The summed E-state index contributed by atoms with van der Waals surface area (Å²) < 4.78 is 0.925. The Kier molecular flexibility index (Phi) is 3.99. The van der Waals surface area contributed by atoms with Crippen molar-refractivity contribution in [2.24, 2.45) is 0 Å². The zero-order chi connectivity index (χ0) is 12.4. The lowest BCUT2D eigenvalue weighted by atomic mass is 9.94. The number of aryl methyl sites for hydroxylation is 1. The summed E-state index contributed by atoms with van der Waals surface area (Å²) in [6, 6.07) is 2.62. The van der Waals surface area contributed by atoms with Crippen LogP contribution in [0.4, 0.5) is 0 Å². The number of aromatic nitrogens is 1. The molecular weight excluding hydrogens is 284 g/mol. The van der Waals surface area contributed by atoms with Gasteiger partial charge in [0.15, 0.2) is 0 Å². The van der Waals surface area contributed by atoms with Gasteiger partial charge in [0.05, 0.1) is 9.34 Å². The van der Waals surface area contributed by atoms with Crippen molar-refractivity contribution in [3.8, 4) is 0 Å². The van der Waals surface area contributed by atoms with Crippen LogP contribution in [0.3, 0.4) is 0 Å². The van der Waals surface area contributed by atoms with Crippen molar-refractivity contribution in [1.29, 1.82) is 0 Å². The molecule has 2 aromatic rings. The van der Waals surface area contributed by atoms with Crippen LogP contribution in [0.2, 0.25) is 4.34 Å². The summed E-state index contributed by atoms with van der Waals surface area (Å²) in [7, 11) is 0. The first-order valence-corrected chi connectivity index (χ1v) is 8.30. The van der Waals surface area contributed by atoms with Crippen LogP contribution in [0.5, 0.6) is 0 Å². The Morgan fingerprint density at radius 1 is 1.50 bits per heavy atom. The molecule has 5 heteroatoms. The molecule has 1 atom stereocenters. The highest BCUT2D eigenvalue weighted by atomic mass is 35.5. The van der Waals surface area contributed by atoms with Crippen molar-refractivity contribution in [2.75, 3.05) is 6.54 Å². The Balaban J connectivity index is 1.60. The van der Waals surface area contributed by atoms with Gasteiger partial charge < -0.3 is 5.32 Å². The van der Waals surface area contributed by atoms with Gasteiger partial charge in [-0.05, 0) is 30.9 Å². The third-order valence-electron chi connectivity index (χ3n) is 3.30. The van der Waals surface area contributed by atoms with E-state index in [4.69, 9.17) is 11.6 Å². The molecule has 1 N–H and O–H groups in total. The summed E-state index contributed by atoms with van der Waals surface area (Å²) in [6.07, 6.45) is 6.56. The minimum absolute atomic E-state index is 0.484. The number of hydrogen-bond acceptors (Lipinski definition) is 4. The lowest BCUT2D eigenvalue weighted by Crippen LogP contribution is -2.26. The summed E-state index contributed by atoms with van der Waals surface area (Å²) in [4.78, 5) is 5.78. The normalized spacial score (nSPS) is 18.8. The molecule has 18 heavy (non-hydrogen) atoms. The van der Waals surface area contributed by atoms with E-state index < -0.39 is 0 Å². The van der Waals surface area contributed by atoms with Crippen LogP contribution in [0.25, 0.3) is 0 Å².